The number of rotatable bonds is 4. The molecule has 0 radical (unpaired) electrons. The Hall–Kier alpha value is -1.87. The summed E-state index contributed by atoms with van der Waals surface area (Å²) >= 11 is 0. The first kappa shape index (κ1) is 13.6. The lowest BCUT2D eigenvalue weighted by Crippen LogP contribution is -2.26. The van der Waals surface area contributed by atoms with Gasteiger partial charge in [0.1, 0.15) is 11.4 Å². The van der Waals surface area contributed by atoms with Crippen LogP contribution in [-0.2, 0) is 5.60 Å². The van der Waals surface area contributed by atoms with Crippen LogP contribution in [0.2, 0.25) is 0 Å². The van der Waals surface area contributed by atoms with E-state index in [0.717, 1.165) is 16.9 Å². The maximum atomic E-state index is 6.16. The highest BCUT2D eigenvalue weighted by Gasteiger charge is 2.24. The van der Waals surface area contributed by atoms with Crippen LogP contribution in [0.25, 0.3) is 0 Å². The number of aromatic nitrogens is 1. The van der Waals surface area contributed by atoms with Crippen molar-refractivity contribution in [3.8, 4) is 5.75 Å². The second kappa shape index (κ2) is 5.41. The molecule has 0 spiro atoms. The molecule has 0 saturated carbocycles. The van der Waals surface area contributed by atoms with Gasteiger partial charge in [-0.25, -0.2) is 0 Å². The van der Waals surface area contributed by atoms with Crippen molar-refractivity contribution in [1.82, 2.24) is 4.98 Å². The first-order chi connectivity index (χ1) is 9.00. The summed E-state index contributed by atoms with van der Waals surface area (Å²) in [6.07, 6.45) is 3.59. The summed E-state index contributed by atoms with van der Waals surface area (Å²) in [5.74, 6) is 0.825. The number of hydrogen-bond donors (Lipinski definition) is 1. The number of nitrogens with two attached hydrogens (primary N) is 1. The van der Waals surface area contributed by atoms with E-state index >= 15 is 0 Å². The molecule has 2 rings (SSSR count). The van der Waals surface area contributed by atoms with Gasteiger partial charge in [-0.1, -0.05) is 24.3 Å². The van der Waals surface area contributed by atoms with Gasteiger partial charge in [0.15, 0.2) is 0 Å². The molecule has 3 heteroatoms. The quantitative estimate of drug-likeness (QED) is 0.911. The van der Waals surface area contributed by atoms with Crippen molar-refractivity contribution in [2.24, 2.45) is 5.73 Å². The van der Waals surface area contributed by atoms with Crippen molar-refractivity contribution < 1.29 is 4.74 Å². The average Bonchev–Trinajstić information content (AvgIpc) is 2.39. The van der Waals surface area contributed by atoms with Gasteiger partial charge in [-0.05, 0) is 32.9 Å². The molecule has 0 bridgehead atoms. The lowest BCUT2D eigenvalue weighted by Gasteiger charge is -2.28. The van der Waals surface area contributed by atoms with Crippen LogP contribution in [0.15, 0.2) is 48.8 Å². The zero-order valence-electron chi connectivity index (χ0n) is 11.6. The molecule has 1 aromatic carbocycles. The molecule has 2 N–H and O–H groups in total. The second-order valence-electron chi connectivity index (χ2n) is 5.18. The zero-order valence-corrected chi connectivity index (χ0v) is 11.6. The van der Waals surface area contributed by atoms with Crippen LogP contribution in [0, 0.1) is 0 Å². The molecule has 1 atom stereocenters. The molecule has 100 valence electrons. The van der Waals surface area contributed by atoms with E-state index in [1.807, 2.05) is 63.4 Å². The van der Waals surface area contributed by atoms with Crippen molar-refractivity contribution in [3.05, 3.63) is 59.9 Å². The van der Waals surface area contributed by atoms with Crippen molar-refractivity contribution in [1.29, 1.82) is 0 Å². The Kier molecular flexibility index (Phi) is 3.86. The van der Waals surface area contributed by atoms with Gasteiger partial charge >= 0.3 is 0 Å². The first-order valence-corrected chi connectivity index (χ1v) is 6.45. The van der Waals surface area contributed by atoms with E-state index in [2.05, 4.69) is 4.98 Å². The van der Waals surface area contributed by atoms with Crippen molar-refractivity contribution >= 4 is 0 Å². The van der Waals surface area contributed by atoms with Gasteiger partial charge < -0.3 is 10.5 Å². The molecule has 0 aliphatic heterocycles. The third-order valence-corrected chi connectivity index (χ3v) is 3.13. The lowest BCUT2D eigenvalue weighted by molar-refractivity contribution is 0.106. The third-order valence-electron chi connectivity index (χ3n) is 3.13. The number of ether oxygens (including phenoxy) is 1. The number of hydrogen-bond acceptors (Lipinski definition) is 3. The maximum absolute atomic E-state index is 6.16. The number of para-hydroxylation sites is 1. The summed E-state index contributed by atoms with van der Waals surface area (Å²) in [5, 5.41) is 0. The number of pyridine rings is 1. The molecule has 1 unspecified atom stereocenters. The Morgan fingerprint density at radius 3 is 2.53 bits per heavy atom. The summed E-state index contributed by atoms with van der Waals surface area (Å²) in [6.45, 7) is 6.02. The minimum Gasteiger partial charge on any atom is -0.483 e. The fraction of sp³-hybridized carbons (Fsp3) is 0.312. The molecular weight excluding hydrogens is 236 g/mol. The van der Waals surface area contributed by atoms with Crippen LogP contribution in [-0.4, -0.2) is 4.98 Å². The monoisotopic (exact) mass is 256 g/mol. The van der Waals surface area contributed by atoms with Crippen molar-refractivity contribution in [2.45, 2.75) is 32.4 Å². The van der Waals surface area contributed by atoms with E-state index in [0.29, 0.717) is 0 Å². The SMILES string of the molecule is CC(N)c1ccccc1OC(C)(C)c1cccnc1. The van der Waals surface area contributed by atoms with E-state index < -0.39 is 5.60 Å². The average molecular weight is 256 g/mol. The predicted octanol–water partition coefficient (Wildman–Crippen LogP) is 3.42. The van der Waals surface area contributed by atoms with E-state index in [9.17, 15) is 0 Å². The molecule has 1 heterocycles. The lowest BCUT2D eigenvalue weighted by atomic mass is 9.99. The summed E-state index contributed by atoms with van der Waals surface area (Å²) in [5.41, 5.74) is 7.58. The van der Waals surface area contributed by atoms with Crippen LogP contribution in [0.5, 0.6) is 5.75 Å². The third kappa shape index (κ3) is 3.12. The summed E-state index contributed by atoms with van der Waals surface area (Å²) in [4.78, 5) is 4.15. The maximum Gasteiger partial charge on any atom is 0.130 e. The predicted molar refractivity (Wildman–Crippen MR) is 76.9 cm³/mol. The van der Waals surface area contributed by atoms with Crippen LogP contribution in [0.3, 0.4) is 0 Å². The van der Waals surface area contributed by atoms with Gasteiger partial charge in [0, 0.05) is 29.6 Å². The standard InChI is InChI=1S/C16H20N2O/c1-12(17)14-8-4-5-9-15(14)19-16(2,3)13-7-6-10-18-11-13/h4-12H,17H2,1-3H3. The Balaban J connectivity index is 2.31. The molecule has 0 saturated heterocycles. The molecule has 0 fully saturated rings. The van der Waals surface area contributed by atoms with E-state index in [-0.39, 0.29) is 6.04 Å². The van der Waals surface area contributed by atoms with Crippen LogP contribution >= 0.6 is 0 Å². The largest absolute Gasteiger partial charge is 0.483 e. The summed E-state index contributed by atoms with van der Waals surface area (Å²) in [7, 11) is 0. The highest BCUT2D eigenvalue weighted by atomic mass is 16.5. The van der Waals surface area contributed by atoms with Crippen molar-refractivity contribution in [2.75, 3.05) is 0 Å². The van der Waals surface area contributed by atoms with E-state index in [1.54, 1.807) is 6.20 Å². The normalized spacial score (nSPS) is 13.1. The van der Waals surface area contributed by atoms with Crippen LogP contribution in [0.4, 0.5) is 0 Å². The first-order valence-electron chi connectivity index (χ1n) is 6.45. The minimum absolute atomic E-state index is 0.0547. The van der Waals surface area contributed by atoms with Crippen LogP contribution < -0.4 is 10.5 Å². The van der Waals surface area contributed by atoms with Gasteiger partial charge in [0.25, 0.3) is 0 Å². The van der Waals surface area contributed by atoms with Gasteiger partial charge in [-0.3, -0.25) is 4.98 Å². The molecular formula is C16H20N2O. The molecule has 1 aromatic heterocycles. The van der Waals surface area contributed by atoms with Crippen molar-refractivity contribution in [3.63, 3.8) is 0 Å². The molecule has 0 amide bonds. The van der Waals surface area contributed by atoms with Gasteiger partial charge in [0.05, 0.1) is 0 Å². The Morgan fingerprint density at radius 1 is 1.16 bits per heavy atom. The molecule has 0 aliphatic carbocycles. The van der Waals surface area contributed by atoms with Gasteiger partial charge in [-0.15, -0.1) is 0 Å². The molecule has 3 nitrogen and oxygen atoms in total. The minimum atomic E-state index is -0.445. The highest BCUT2D eigenvalue weighted by Crippen LogP contribution is 2.31. The number of nitrogens with zero attached hydrogens (tertiary/aromatic N) is 1. The van der Waals surface area contributed by atoms with E-state index in [4.69, 9.17) is 10.5 Å². The summed E-state index contributed by atoms with van der Waals surface area (Å²) < 4.78 is 6.16. The van der Waals surface area contributed by atoms with Gasteiger partial charge in [-0.2, -0.15) is 0 Å². The Bertz CT molecular complexity index is 535. The zero-order chi connectivity index (χ0) is 13.9. The topological polar surface area (TPSA) is 48.1 Å². The second-order valence-corrected chi connectivity index (χ2v) is 5.18. The van der Waals surface area contributed by atoms with Gasteiger partial charge in [0.2, 0.25) is 0 Å². The molecule has 0 aliphatic rings. The fourth-order valence-electron chi connectivity index (χ4n) is 2.00. The highest BCUT2D eigenvalue weighted by molar-refractivity contribution is 5.36. The summed E-state index contributed by atoms with van der Waals surface area (Å²) in [6, 6.07) is 11.8. The molecule has 19 heavy (non-hydrogen) atoms. The Morgan fingerprint density at radius 2 is 1.89 bits per heavy atom. The van der Waals surface area contributed by atoms with Crippen LogP contribution in [0.1, 0.15) is 37.9 Å². The Labute approximate surface area is 114 Å². The fourth-order valence-corrected chi connectivity index (χ4v) is 2.00. The smallest absolute Gasteiger partial charge is 0.130 e. The number of benzene rings is 1. The molecule has 2 aromatic rings. The van der Waals surface area contributed by atoms with E-state index in [1.165, 1.54) is 0 Å².